The molecule has 1 amide bonds. The minimum atomic E-state index is -1.53. The molecular weight excluding hydrogens is 358 g/mol. The number of benzene rings is 1. The molecule has 1 N–H and O–H groups in total. The molecule has 0 spiro atoms. The first-order valence-corrected chi connectivity index (χ1v) is 12.3. The lowest BCUT2D eigenvalue weighted by Gasteiger charge is -2.16. The zero-order valence-corrected chi connectivity index (χ0v) is 17.0. The van der Waals surface area contributed by atoms with Crippen LogP contribution in [0.25, 0.3) is 10.9 Å². The van der Waals surface area contributed by atoms with Crippen molar-refractivity contribution < 1.29 is 14.0 Å². The largest absolute Gasteiger partial charge is 0.415 e. The molecule has 8 heteroatoms. The normalized spacial score (nSPS) is 11.9. The summed E-state index contributed by atoms with van der Waals surface area (Å²) in [5.41, 5.74) is 0.824. The monoisotopic (exact) mass is 383 g/mol. The van der Waals surface area contributed by atoms with Crippen molar-refractivity contribution in [2.45, 2.75) is 46.1 Å². The lowest BCUT2D eigenvalue weighted by Crippen LogP contribution is -2.27. The maximum atomic E-state index is 11.9. The van der Waals surface area contributed by atoms with Gasteiger partial charge < -0.3 is 14.5 Å². The lowest BCUT2D eigenvalue weighted by molar-refractivity contribution is -0.116. The number of anilines is 1. The van der Waals surface area contributed by atoms with Gasteiger partial charge in [0.25, 0.3) is 0 Å². The molecule has 0 saturated heterocycles. The van der Waals surface area contributed by atoms with Crippen LogP contribution in [0.5, 0.6) is 0 Å². The van der Waals surface area contributed by atoms with Gasteiger partial charge in [-0.3, -0.25) is 4.79 Å². The predicted molar refractivity (Wildman–Crippen MR) is 104 cm³/mol. The van der Waals surface area contributed by atoms with Crippen molar-refractivity contribution >= 4 is 42.5 Å². The first-order valence-electron chi connectivity index (χ1n) is 8.48. The standard InChI is InChI=1S/C17H26ClN3O3Si/c1-5-6-16(22)19-17-14-8-7-13(18)11-15(14)21(20-17)12-23-9-10-24-25(2,3)4/h7-8,11H,5-6,9-10,12H2,1-4H3,(H,19,20,22). The minimum absolute atomic E-state index is 0.0477. The number of carbonyl (C=O) groups is 1. The Morgan fingerprint density at radius 2 is 2.08 bits per heavy atom. The summed E-state index contributed by atoms with van der Waals surface area (Å²) in [6.07, 6.45) is 1.25. The predicted octanol–water partition coefficient (Wildman–Crippen LogP) is 4.25. The molecule has 0 unspecified atom stereocenters. The van der Waals surface area contributed by atoms with Crippen LogP contribution < -0.4 is 5.32 Å². The number of nitrogens with one attached hydrogen (secondary N) is 1. The molecule has 0 fully saturated rings. The molecule has 0 aliphatic rings. The molecule has 0 atom stereocenters. The van der Waals surface area contributed by atoms with Crippen LogP contribution in [-0.2, 0) is 20.7 Å². The van der Waals surface area contributed by atoms with E-state index in [9.17, 15) is 4.79 Å². The van der Waals surface area contributed by atoms with Crippen LogP contribution in [0.1, 0.15) is 19.8 Å². The number of halogens is 1. The second kappa shape index (κ2) is 8.80. The highest BCUT2D eigenvalue weighted by atomic mass is 35.5. The quantitative estimate of drug-likeness (QED) is 0.519. The summed E-state index contributed by atoms with van der Waals surface area (Å²) in [5.74, 6) is 0.487. The smallest absolute Gasteiger partial charge is 0.225 e. The van der Waals surface area contributed by atoms with E-state index in [0.29, 0.717) is 30.5 Å². The SMILES string of the molecule is CCCC(=O)Nc1nn(COCCO[Si](C)(C)C)c2cc(Cl)ccc12. The fraction of sp³-hybridized carbons (Fsp3) is 0.529. The fourth-order valence-corrected chi connectivity index (χ4v) is 3.18. The Bertz CT molecular complexity index is 728. The Balaban J connectivity index is 2.08. The maximum absolute atomic E-state index is 11.9. The van der Waals surface area contributed by atoms with Crippen LogP contribution in [0, 0.1) is 0 Å². The van der Waals surface area contributed by atoms with Gasteiger partial charge in [-0.2, -0.15) is 5.10 Å². The maximum Gasteiger partial charge on any atom is 0.225 e. The molecule has 2 rings (SSSR count). The van der Waals surface area contributed by atoms with E-state index in [1.165, 1.54) is 0 Å². The fourth-order valence-electron chi connectivity index (χ4n) is 2.32. The summed E-state index contributed by atoms with van der Waals surface area (Å²) >= 11 is 6.10. The van der Waals surface area contributed by atoms with E-state index in [0.717, 1.165) is 17.3 Å². The average Bonchev–Trinajstić information content (AvgIpc) is 2.83. The number of aromatic nitrogens is 2. The Labute approximate surface area is 154 Å². The molecule has 0 bridgehead atoms. The minimum Gasteiger partial charge on any atom is -0.415 e. The zero-order chi connectivity index (χ0) is 18.4. The number of carbonyl (C=O) groups excluding carboxylic acids is 1. The Kier molecular flexibility index (Phi) is 7.01. The van der Waals surface area contributed by atoms with E-state index in [2.05, 4.69) is 30.1 Å². The van der Waals surface area contributed by atoms with Crippen molar-refractivity contribution in [1.82, 2.24) is 9.78 Å². The number of hydrogen-bond acceptors (Lipinski definition) is 4. The number of hydrogen-bond donors (Lipinski definition) is 1. The third kappa shape index (κ3) is 6.11. The van der Waals surface area contributed by atoms with Gasteiger partial charge in [0.05, 0.1) is 18.7 Å². The van der Waals surface area contributed by atoms with Crippen LogP contribution in [0.2, 0.25) is 24.7 Å². The summed E-state index contributed by atoms with van der Waals surface area (Å²) in [4.78, 5) is 11.9. The highest BCUT2D eigenvalue weighted by Gasteiger charge is 2.15. The third-order valence-corrected chi connectivity index (χ3v) is 4.73. The van der Waals surface area contributed by atoms with E-state index in [1.54, 1.807) is 10.7 Å². The van der Waals surface area contributed by atoms with Gasteiger partial charge >= 0.3 is 0 Å². The second-order valence-corrected chi connectivity index (χ2v) is 11.8. The van der Waals surface area contributed by atoms with Crippen LogP contribution in [0.15, 0.2) is 18.2 Å². The van der Waals surface area contributed by atoms with Gasteiger partial charge in [-0.05, 0) is 44.3 Å². The number of fused-ring (bicyclic) bond motifs is 1. The van der Waals surface area contributed by atoms with Crippen molar-refractivity contribution in [2.75, 3.05) is 18.5 Å². The summed E-state index contributed by atoms with van der Waals surface area (Å²) < 4.78 is 13.1. The summed E-state index contributed by atoms with van der Waals surface area (Å²) in [6.45, 7) is 9.71. The first kappa shape index (κ1) is 19.9. The van der Waals surface area contributed by atoms with Crippen molar-refractivity contribution in [3.63, 3.8) is 0 Å². The highest BCUT2D eigenvalue weighted by Crippen LogP contribution is 2.26. The van der Waals surface area contributed by atoms with E-state index in [1.807, 2.05) is 19.1 Å². The molecule has 0 saturated carbocycles. The second-order valence-electron chi connectivity index (χ2n) is 6.81. The van der Waals surface area contributed by atoms with Crippen LogP contribution in [0.3, 0.4) is 0 Å². The number of nitrogens with zero attached hydrogens (tertiary/aromatic N) is 2. The van der Waals surface area contributed by atoms with Gasteiger partial charge in [0, 0.05) is 16.8 Å². The topological polar surface area (TPSA) is 65.4 Å². The van der Waals surface area contributed by atoms with E-state index < -0.39 is 8.32 Å². The average molecular weight is 384 g/mol. The van der Waals surface area contributed by atoms with Gasteiger partial charge in [-0.1, -0.05) is 18.5 Å². The van der Waals surface area contributed by atoms with E-state index in [4.69, 9.17) is 20.8 Å². The molecular formula is C17H26ClN3O3Si. The zero-order valence-electron chi connectivity index (χ0n) is 15.3. The van der Waals surface area contributed by atoms with Crippen LogP contribution in [-0.4, -0.2) is 37.2 Å². The van der Waals surface area contributed by atoms with Gasteiger partial charge in [-0.25, -0.2) is 4.68 Å². The molecule has 6 nitrogen and oxygen atoms in total. The van der Waals surface area contributed by atoms with E-state index in [-0.39, 0.29) is 12.6 Å². The molecule has 1 heterocycles. The molecule has 1 aromatic heterocycles. The van der Waals surface area contributed by atoms with E-state index >= 15 is 0 Å². The van der Waals surface area contributed by atoms with Gasteiger partial charge in [0.1, 0.15) is 6.73 Å². The lowest BCUT2D eigenvalue weighted by atomic mass is 10.2. The highest BCUT2D eigenvalue weighted by molar-refractivity contribution is 6.69. The molecule has 25 heavy (non-hydrogen) atoms. The molecule has 138 valence electrons. The van der Waals surface area contributed by atoms with Gasteiger partial charge in [-0.15, -0.1) is 0 Å². The molecule has 0 aliphatic carbocycles. The molecule has 0 radical (unpaired) electrons. The Morgan fingerprint density at radius 1 is 1.32 bits per heavy atom. The number of ether oxygens (including phenoxy) is 1. The molecule has 2 aromatic rings. The Morgan fingerprint density at radius 3 is 2.76 bits per heavy atom. The van der Waals surface area contributed by atoms with Gasteiger partial charge in [0.2, 0.25) is 5.91 Å². The van der Waals surface area contributed by atoms with Crippen molar-refractivity contribution in [2.24, 2.45) is 0 Å². The van der Waals surface area contributed by atoms with Crippen LogP contribution >= 0.6 is 11.6 Å². The van der Waals surface area contributed by atoms with Crippen molar-refractivity contribution in [3.05, 3.63) is 23.2 Å². The Hall–Kier alpha value is -1.41. The summed E-state index contributed by atoms with van der Waals surface area (Å²) in [7, 11) is -1.53. The number of amides is 1. The van der Waals surface area contributed by atoms with Gasteiger partial charge in [0.15, 0.2) is 14.1 Å². The van der Waals surface area contributed by atoms with Crippen molar-refractivity contribution in [3.8, 4) is 0 Å². The molecule has 1 aromatic carbocycles. The summed E-state index contributed by atoms with van der Waals surface area (Å²) in [5, 5.41) is 8.78. The van der Waals surface area contributed by atoms with Crippen LogP contribution in [0.4, 0.5) is 5.82 Å². The molecule has 0 aliphatic heterocycles. The summed E-state index contributed by atoms with van der Waals surface area (Å²) in [6, 6.07) is 5.46. The third-order valence-electron chi connectivity index (χ3n) is 3.42. The first-order chi connectivity index (χ1) is 11.8. The number of rotatable bonds is 9. The van der Waals surface area contributed by atoms with Crippen molar-refractivity contribution in [1.29, 1.82) is 0 Å².